The van der Waals surface area contributed by atoms with E-state index in [0.29, 0.717) is 30.9 Å². The quantitative estimate of drug-likeness (QED) is 0.733. The first-order valence-electron chi connectivity index (χ1n) is 7.84. The third-order valence-corrected chi connectivity index (χ3v) is 5.31. The van der Waals surface area contributed by atoms with E-state index in [9.17, 15) is 18.0 Å². The molecule has 138 valence electrons. The van der Waals surface area contributed by atoms with Gasteiger partial charge in [0.25, 0.3) is 5.91 Å². The molecule has 2 rings (SSSR count). The van der Waals surface area contributed by atoms with E-state index in [1.165, 1.54) is 7.05 Å². The van der Waals surface area contributed by atoms with Crippen LogP contribution in [0.25, 0.3) is 0 Å². The smallest absolute Gasteiger partial charge is 0.251 e. The standard InChI is InChI=1S/C16H23N3O5S/c1-18(25(3,22)23)14-6-4-12(5-7-14)16(21)17-13-10-15(20)19(11-13)8-9-24-2/h4-7,13H,8-11H2,1-3H3,(H,17,21). The summed E-state index contributed by atoms with van der Waals surface area (Å²) in [4.78, 5) is 25.9. The van der Waals surface area contributed by atoms with Crippen LogP contribution in [0.4, 0.5) is 5.69 Å². The van der Waals surface area contributed by atoms with Gasteiger partial charge in [-0.05, 0) is 24.3 Å². The molecule has 0 radical (unpaired) electrons. The molecule has 9 heteroatoms. The maximum Gasteiger partial charge on any atom is 0.251 e. The highest BCUT2D eigenvalue weighted by Crippen LogP contribution is 2.17. The minimum absolute atomic E-state index is 0.00697. The molecule has 1 aromatic rings. The molecule has 2 amide bonds. The van der Waals surface area contributed by atoms with Crippen LogP contribution in [0.3, 0.4) is 0 Å². The summed E-state index contributed by atoms with van der Waals surface area (Å²) in [5.41, 5.74) is 0.884. The number of nitrogens with one attached hydrogen (secondary N) is 1. The van der Waals surface area contributed by atoms with Crippen molar-refractivity contribution in [3.8, 4) is 0 Å². The van der Waals surface area contributed by atoms with Crippen molar-refractivity contribution in [2.45, 2.75) is 12.5 Å². The van der Waals surface area contributed by atoms with Gasteiger partial charge >= 0.3 is 0 Å². The molecule has 1 aliphatic rings. The van der Waals surface area contributed by atoms with Crippen molar-refractivity contribution in [2.75, 3.05) is 44.4 Å². The zero-order chi connectivity index (χ0) is 18.6. The zero-order valence-electron chi connectivity index (χ0n) is 14.6. The minimum atomic E-state index is -3.35. The van der Waals surface area contributed by atoms with Crippen LogP contribution in [0, 0.1) is 0 Å². The summed E-state index contributed by atoms with van der Waals surface area (Å²) in [5.74, 6) is -0.299. The maximum absolute atomic E-state index is 12.3. The topological polar surface area (TPSA) is 96.0 Å². The van der Waals surface area contributed by atoms with Crippen molar-refractivity contribution >= 4 is 27.5 Å². The number of nitrogens with zero attached hydrogens (tertiary/aromatic N) is 2. The average Bonchev–Trinajstić information content (AvgIpc) is 2.90. The summed E-state index contributed by atoms with van der Waals surface area (Å²) in [7, 11) is -0.326. The van der Waals surface area contributed by atoms with Crippen molar-refractivity contribution in [3.05, 3.63) is 29.8 Å². The van der Waals surface area contributed by atoms with Gasteiger partial charge in [-0.15, -0.1) is 0 Å². The van der Waals surface area contributed by atoms with Crippen LogP contribution in [0.5, 0.6) is 0 Å². The number of likely N-dealkylation sites (tertiary alicyclic amines) is 1. The van der Waals surface area contributed by atoms with Crippen molar-refractivity contribution in [3.63, 3.8) is 0 Å². The Morgan fingerprint density at radius 1 is 1.36 bits per heavy atom. The SMILES string of the molecule is COCCN1CC(NC(=O)c2ccc(N(C)S(C)(=O)=O)cc2)CC1=O. The molecule has 0 saturated carbocycles. The van der Waals surface area contributed by atoms with E-state index in [1.807, 2.05) is 0 Å². The average molecular weight is 369 g/mol. The van der Waals surface area contributed by atoms with Crippen molar-refractivity contribution in [1.29, 1.82) is 0 Å². The summed E-state index contributed by atoms with van der Waals surface area (Å²) < 4.78 is 29.1. The van der Waals surface area contributed by atoms with E-state index >= 15 is 0 Å². The van der Waals surface area contributed by atoms with Crippen LogP contribution in [-0.2, 0) is 19.6 Å². The molecule has 1 heterocycles. The van der Waals surface area contributed by atoms with Crippen molar-refractivity contribution < 1.29 is 22.7 Å². The molecule has 0 bridgehead atoms. The van der Waals surface area contributed by atoms with Crippen LogP contribution >= 0.6 is 0 Å². The molecule has 0 aromatic heterocycles. The Hall–Kier alpha value is -2.13. The highest BCUT2D eigenvalue weighted by molar-refractivity contribution is 7.92. The fraction of sp³-hybridized carbons (Fsp3) is 0.500. The third-order valence-electron chi connectivity index (χ3n) is 4.11. The van der Waals surface area contributed by atoms with Gasteiger partial charge in [-0.25, -0.2) is 8.42 Å². The molecule has 25 heavy (non-hydrogen) atoms. The highest BCUT2D eigenvalue weighted by Gasteiger charge is 2.30. The lowest BCUT2D eigenvalue weighted by atomic mass is 10.1. The summed E-state index contributed by atoms with van der Waals surface area (Å²) in [5, 5.41) is 2.84. The second kappa shape index (κ2) is 7.83. The van der Waals surface area contributed by atoms with Gasteiger partial charge in [0.2, 0.25) is 15.9 Å². The van der Waals surface area contributed by atoms with Gasteiger partial charge in [-0.2, -0.15) is 0 Å². The number of hydrogen-bond donors (Lipinski definition) is 1. The second-order valence-corrected chi connectivity index (χ2v) is 8.00. The van der Waals surface area contributed by atoms with Crippen LogP contribution in [0.2, 0.25) is 0 Å². The van der Waals surface area contributed by atoms with E-state index in [0.717, 1.165) is 10.6 Å². The van der Waals surface area contributed by atoms with E-state index in [1.54, 1.807) is 36.3 Å². The molecule has 0 spiro atoms. The Kier molecular flexibility index (Phi) is 6.02. The maximum atomic E-state index is 12.3. The number of amides is 2. The Labute approximate surface area is 147 Å². The summed E-state index contributed by atoms with van der Waals surface area (Å²) in [6.07, 6.45) is 1.38. The Morgan fingerprint density at radius 2 is 2.00 bits per heavy atom. The normalized spacial score (nSPS) is 17.6. The number of sulfonamides is 1. The summed E-state index contributed by atoms with van der Waals surface area (Å²) in [6.45, 7) is 1.43. The van der Waals surface area contributed by atoms with Gasteiger partial charge in [0.05, 0.1) is 24.6 Å². The van der Waals surface area contributed by atoms with Gasteiger partial charge in [0.1, 0.15) is 0 Å². The summed E-state index contributed by atoms with van der Waals surface area (Å²) in [6, 6.07) is 6.02. The zero-order valence-corrected chi connectivity index (χ0v) is 15.4. The number of benzene rings is 1. The van der Waals surface area contributed by atoms with Crippen LogP contribution in [0.1, 0.15) is 16.8 Å². The van der Waals surface area contributed by atoms with Gasteiger partial charge in [0.15, 0.2) is 0 Å². The first-order valence-corrected chi connectivity index (χ1v) is 9.68. The number of hydrogen-bond acceptors (Lipinski definition) is 5. The lowest BCUT2D eigenvalue weighted by Gasteiger charge is -2.18. The van der Waals surface area contributed by atoms with Gasteiger partial charge in [-0.1, -0.05) is 0 Å². The minimum Gasteiger partial charge on any atom is -0.383 e. The number of rotatable bonds is 7. The Bertz CT molecular complexity index is 733. The fourth-order valence-electron chi connectivity index (χ4n) is 2.57. The lowest BCUT2D eigenvalue weighted by molar-refractivity contribution is -0.128. The highest BCUT2D eigenvalue weighted by atomic mass is 32.2. The number of methoxy groups -OCH3 is 1. The first-order chi connectivity index (χ1) is 11.7. The van der Waals surface area contributed by atoms with Gasteiger partial charge in [-0.3, -0.25) is 13.9 Å². The predicted octanol–water partition coefficient (Wildman–Crippen LogP) is 0.0595. The van der Waals surface area contributed by atoms with E-state index in [4.69, 9.17) is 4.74 Å². The molecule has 1 aliphatic heterocycles. The monoisotopic (exact) mass is 369 g/mol. The van der Waals surface area contributed by atoms with E-state index in [2.05, 4.69) is 5.32 Å². The largest absolute Gasteiger partial charge is 0.383 e. The molecule has 8 nitrogen and oxygen atoms in total. The third kappa shape index (κ3) is 4.93. The number of anilines is 1. The lowest BCUT2D eigenvalue weighted by Crippen LogP contribution is -2.37. The summed E-state index contributed by atoms with van der Waals surface area (Å²) >= 11 is 0. The van der Waals surface area contributed by atoms with E-state index < -0.39 is 10.0 Å². The molecular weight excluding hydrogens is 346 g/mol. The fourth-order valence-corrected chi connectivity index (χ4v) is 3.07. The molecule has 1 N–H and O–H groups in total. The molecular formula is C16H23N3O5S. The van der Waals surface area contributed by atoms with Crippen molar-refractivity contribution in [2.24, 2.45) is 0 Å². The van der Waals surface area contributed by atoms with Crippen LogP contribution in [0.15, 0.2) is 24.3 Å². The van der Waals surface area contributed by atoms with Gasteiger partial charge in [0, 0.05) is 39.2 Å². The molecule has 1 aromatic carbocycles. The Morgan fingerprint density at radius 3 is 2.56 bits per heavy atom. The van der Waals surface area contributed by atoms with Crippen LogP contribution < -0.4 is 9.62 Å². The molecule has 0 aliphatic carbocycles. The molecule has 1 fully saturated rings. The first kappa shape index (κ1) is 19.2. The van der Waals surface area contributed by atoms with Gasteiger partial charge < -0.3 is 15.0 Å². The van der Waals surface area contributed by atoms with Crippen molar-refractivity contribution in [1.82, 2.24) is 10.2 Å². The number of carbonyl (C=O) groups is 2. The molecule has 1 unspecified atom stereocenters. The second-order valence-electron chi connectivity index (χ2n) is 5.98. The van der Waals surface area contributed by atoms with Crippen LogP contribution in [-0.4, -0.2) is 71.3 Å². The van der Waals surface area contributed by atoms with E-state index in [-0.39, 0.29) is 24.3 Å². The predicted molar refractivity (Wildman–Crippen MR) is 94.0 cm³/mol. The molecule has 1 saturated heterocycles. The number of carbonyl (C=O) groups excluding carboxylic acids is 2. The Balaban J connectivity index is 1.97. The number of ether oxygens (including phenoxy) is 1. The molecule has 1 atom stereocenters.